The second kappa shape index (κ2) is 4.55. The van der Waals surface area contributed by atoms with Crippen LogP contribution in [-0.2, 0) is 12.6 Å². The van der Waals surface area contributed by atoms with Crippen LogP contribution in [0.2, 0.25) is 0 Å². The van der Waals surface area contributed by atoms with Crippen molar-refractivity contribution in [1.82, 2.24) is 0 Å². The molecule has 0 aromatic heterocycles. The van der Waals surface area contributed by atoms with E-state index in [4.69, 9.17) is 5.73 Å². The molecule has 84 valence electrons. The van der Waals surface area contributed by atoms with Gasteiger partial charge < -0.3 is 5.73 Å². The summed E-state index contributed by atoms with van der Waals surface area (Å²) in [7, 11) is 0. The molecule has 0 bridgehead atoms. The van der Waals surface area contributed by atoms with Crippen LogP contribution in [0, 0.1) is 0 Å². The molecule has 2 N–H and O–H groups in total. The van der Waals surface area contributed by atoms with E-state index in [9.17, 15) is 13.2 Å². The Bertz CT molecular complexity index is 331. The second-order valence-electron chi connectivity index (χ2n) is 3.47. The Hall–Kier alpha value is -1.19. The SMILES string of the molecule is CCCCc1c(N)cccc1C(F)(F)F. The number of nitrogens with two attached hydrogens (primary N) is 1. The van der Waals surface area contributed by atoms with Crippen LogP contribution in [0.1, 0.15) is 30.9 Å². The molecule has 1 aromatic carbocycles. The van der Waals surface area contributed by atoms with Crippen molar-refractivity contribution in [3.63, 3.8) is 0 Å². The average molecular weight is 217 g/mol. The van der Waals surface area contributed by atoms with Gasteiger partial charge in [0.25, 0.3) is 0 Å². The maximum Gasteiger partial charge on any atom is 0.416 e. The molecule has 0 heterocycles. The third kappa shape index (κ3) is 2.88. The fraction of sp³-hybridized carbons (Fsp3) is 0.455. The van der Waals surface area contributed by atoms with Gasteiger partial charge in [0.2, 0.25) is 0 Å². The number of nitrogen functional groups attached to an aromatic ring is 1. The van der Waals surface area contributed by atoms with Crippen LogP contribution >= 0.6 is 0 Å². The minimum absolute atomic E-state index is 0.229. The zero-order valence-corrected chi connectivity index (χ0v) is 8.56. The number of alkyl halides is 3. The minimum Gasteiger partial charge on any atom is -0.398 e. The van der Waals surface area contributed by atoms with Crippen molar-refractivity contribution >= 4 is 5.69 Å². The van der Waals surface area contributed by atoms with E-state index in [0.717, 1.165) is 18.9 Å². The highest BCUT2D eigenvalue weighted by molar-refractivity contribution is 5.51. The number of anilines is 1. The fourth-order valence-corrected chi connectivity index (χ4v) is 1.50. The van der Waals surface area contributed by atoms with Crippen molar-refractivity contribution in [2.45, 2.75) is 32.4 Å². The Labute approximate surface area is 87.1 Å². The number of rotatable bonds is 3. The van der Waals surface area contributed by atoms with Gasteiger partial charge in [-0.3, -0.25) is 0 Å². The van der Waals surface area contributed by atoms with Crippen molar-refractivity contribution < 1.29 is 13.2 Å². The van der Waals surface area contributed by atoms with Crippen molar-refractivity contribution in [3.8, 4) is 0 Å². The number of halogens is 3. The van der Waals surface area contributed by atoms with E-state index < -0.39 is 11.7 Å². The highest BCUT2D eigenvalue weighted by Gasteiger charge is 2.33. The maximum atomic E-state index is 12.6. The van der Waals surface area contributed by atoms with Gasteiger partial charge in [0, 0.05) is 5.69 Å². The van der Waals surface area contributed by atoms with Gasteiger partial charge in [0.15, 0.2) is 0 Å². The summed E-state index contributed by atoms with van der Waals surface area (Å²) in [5.74, 6) is 0. The monoisotopic (exact) mass is 217 g/mol. The number of hydrogen-bond donors (Lipinski definition) is 1. The summed E-state index contributed by atoms with van der Waals surface area (Å²) in [4.78, 5) is 0. The zero-order valence-electron chi connectivity index (χ0n) is 8.56. The molecule has 0 saturated heterocycles. The number of benzene rings is 1. The lowest BCUT2D eigenvalue weighted by atomic mass is 10.00. The third-order valence-corrected chi connectivity index (χ3v) is 2.30. The molecule has 0 aliphatic heterocycles. The second-order valence-corrected chi connectivity index (χ2v) is 3.47. The molecule has 15 heavy (non-hydrogen) atoms. The smallest absolute Gasteiger partial charge is 0.398 e. The molecule has 0 aliphatic carbocycles. The van der Waals surface area contributed by atoms with E-state index in [1.54, 1.807) is 0 Å². The van der Waals surface area contributed by atoms with Crippen LogP contribution in [0.4, 0.5) is 18.9 Å². The van der Waals surface area contributed by atoms with Gasteiger partial charge in [0.1, 0.15) is 0 Å². The quantitative estimate of drug-likeness (QED) is 0.768. The first kappa shape index (κ1) is 11.9. The van der Waals surface area contributed by atoms with E-state index in [-0.39, 0.29) is 11.3 Å². The summed E-state index contributed by atoms with van der Waals surface area (Å²) >= 11 is 0. The lowest BCUT2D eigenvalue weighted by Crippen LogP contribution is -2.11. The third-order valence-electron chi connectivity index (χ3n) is 2.30. The molecular weight excluding hydrogens is 203 g/mol. The van der Waals surface area contributed by atoms with Crippen molar-refractivity contribution in [1.29, 1.82) is 0 Å². The predicted molar refractivity (Wildman–Crippen MR) is 54.5 cm³/mol. The van der Waals surface area contributed by atoms with Crippen LogP contribution < -0.4 is 5.73 Å². The van der Waals surface area contributed by atoms with E-state index in [1.165, 1.54) is 12.1 Å². The molecule has 0 atom stereocenters. The Kier molecular flexibility index (Phi) is 3.61. The van der Waals surface area contributed by atoms with Gasteiger partial charge in [-0.15, -0.1) is 0 Å². The van der Waals surface area contributed by atoms with Crippen LogP contribution in [0.25, 0.3) is 0 Å². The normalized spacial score (nSPS) is 11.7. The van der Waals surface area contributed by atoms with E-state index in [1.807, 2.05) is 6.92 Å². The van der Waals surface area contributed by atoms with Gasteiger partial charge in [-0.25, -0.2) is 0 Å². The molecule has 0 unspecified atom stereocenters. The van der Waals surface area contributed by atoms with Gasteiger partial charge in [0.05, 0.1) is 5.56 Å². The van der Waals surface area contributed by atoms with Crippen LogP contribution in [-0.4, -0.2) is 0 Å². The van der Waals surface area contributed by atoms with Crippen molar-refractivity contribution in [2.24, 2.45) is 0 Å². The average Bonchev–Trinajstić information content (AvgIpc) is 2.14. The molecule has 0 aliphatic rings. The molecular formula is C11H14F3N. The highest BCUT2D eigenvalue weighted by Crippen LogP contribution is 2.34. The lowest BCUT2D eigenvalue weighted by Gasteiger charge is -2.14. The molecule has 0 saturated carbocycles. The summed E-state index contributed by atoms with van der Waals surface area (Å²) in [6.45, 7) is 1.94. The highest BCUT2D eigenvalue weighted by atomic mass is 19.4. The molecule has 0 fully saturated rings. The summed E-state index contributed by atoms with van der Waals surface area (Å²) in [6.07, 6.45) is -2.35. The summed E-state index contributed by atoms with van der Waals surface area (Å²) in [5.41, 5.74) is 5.42. The Morgan fingerprint density at radius 1 is 1.27 bits per heavy atom. The zero-order chi connectivity index (χ0) is 11.5. The van der Waals surface area contributed by atoms with Crippen LogP contribution in [0.15, 0.2) is 18.2 Å². The summed E-state index contributed by atoms with van der Waals surface area (Å²) in [6, 6.07) is 3.94. The van der Waals surface area contributed by atoms with Crippen molar-refractivity contribution in [3.05, 3.63) is 29.3 Å². The van der Waals surface area contributed by atoms with Crippen molar-refractivity contribution in [2.75, 3.05) is 5.73 Å². The molecule has 0 amide bonds. The first-order valence-electron chi connectivity index (χ1n) is 4.91. The molecule has 1 aromatic rings. The Morgan fingerprint density at radius 2 is 1.93 bits per heavy atom. The van der Waals surface area contributed by atoms with Gasteiger partial charge in [-0.05, 0) is 30.5 Å². The maximum absolute atomic E-state index is 12.6. The predicted octanol–water partition coefficient (Wildman–Crippen LogP) is 3.63. The molecule has 0 radical (unpaired) electrons. The topological polar surface area (TPSA) is 26.0 Å². The van der Waals surface area contributed by atoms with E-state index in [0.29, 0.717) is 6.42 Å². The fourth-order valence-electron chi connectivity index (χ4n) is 1.50. The van der Waals surface area contributed by atoms with Gasteiger partial charge in [-0.1, -0.05) is 19.4 Å². The number of hydrogen-bond acceptors (Lipinski definition) is 1. The van der Waals surface area contributed by atoms with Crippen LogP contribution in [0.5, 0.6) is 0 Å². The largest absolute Gasteiger partial charge is 0.416 e. The van der Waals surface area contributed by atoms with E-state index in [2.05, 4.69) is 0 Å². The molecule has 4 heteroatoms. The van der Waals surface area contributed by atoms with E-state index >= 15 is 0 Å². The van der Waals surface area contributed by atoms with Gasteiger partial charge in [-0.2, -0.15) is 13.2 Å². The summed E-state index contributed by atoms with van der Waals surface area (Å²) < 4.78 is 37.8. The summed E-state index contributed by atoms with van der Waals surface area (Å²) in [5, 5.41) is 0. The molecule has 1 nitrogen and oxygen atoms in total. The molecule has 1 rings (SSSR count). The lowest BCUT2D eigenvalue weighted by molar-refractivity contribution is -0.138. The first-order valence-corrected chi connectivity index (χ1v) is 4.91. The van der Waals surface area contributed by atoms with Crippen LogP contribution in [0.3, 0.4) is 0 Å². The Balaban J connectivity index is 3.09. The minimum atomic E-state index is -4.31. The first-order chi connectivity index (χ1) is 6.96. The van der Waals surface area contributed by atoms with Gasteiger partial charge >= 0.3 is 6.18 Å². The standard InChI is InChI=1S/C11H14F3N/c1-2-3-5-8-9(11(12,13)14)6-4-7-10(8)15/h4,6-7H,2-3,5,15H2,1H3. The Morgan fingerprint density at radius 3 is 2.47 bits per heavy atom. The number of unbranched alkanes of at least 4 members (excludes halogenated alkanes) is 1. The molecule has 0 spiro atoms.